The van der Waals surface area contributed by atoms with Crippen LogP contribution in [0, 0.1) is 11.8 Å². The van der Waals surface area contributed by atoms with Gasteiger partial charge in [-0.3, -0.25) is 14.4 Å². The first-order chi connectivity index (χ1) is 13.3. The van der Waals surface area contributed by atoms with Gasteiger partial charge in [-0.05, 0) is 30.7 Å². The molecule has 2 bridgehead atoms. The number of hydrogen-bond donors (Lipinski definition) is 1. The van der Waals surface area contributed by atoms with Gasteiger partial charge in [0.05, 0.1) is 18.8 Å². The van der Waals surface area contributed by atoms with Gasteiger partial charge in [0, 0.05) is 26.7 Å². The van der Waals surface area contributed by atoms with Crippen LogP contribution in [-0.2, 0) is 28.6 Å². The quantitative estimate of drug-likeness (QED) is 0.743. The summed E-state index contributed by atoms with van der Waals surface area (Å²) >= 11 is 0. The summed E-state index contributed by atoms with van der Waals surface area (Å²) in [5.74, 6) is -0.984. The van der Waals surface area contributed by atoms with Crippen molar-refractivity contribution in [3.63, 3.8) is 0 Å². The summed E-state index contributed by atoms with van der Waals surface area (Å²) in [6.45, 7) is 4.32. The van der Waals surface area contributed by atoms with Crippen LogP contribution in [0.15, 0.2) is 30.3 Å². The number of carboxylic acids is 1. The maximum Gasteiger partial charge on any atom is 0.303 e. The van der Waals surface area contributed by atoms with Gasteiger partial charge in [-0.25, -0.2) is 0 Å². The van der Waals surface area contributed by atoms with E-state index in [1.807, 2.05) is 30.3 Å². The summed E-state index contributed by atoms with van der Waals surface area (Å²) in [7, 11) is 0. The smallest absolute Gasteiger partial charge is 0.303 e. The minimum absolute atomic E-state index is 0.146. The molecule has 0 spiro atoms. The van der Waals surface area contributed by atoms with E-state index in [1.165, 1.54) is 13.8 Å². The minimum Gasteiger partial charge on any atom is -0.481 e. The number of carboxylic acid groups (broad SMARTS) is 1. The number of esters is 2. The lowest BCUT2D eigenvalue weighted by molar-refractivity contribution is -0.148. The fourth-order valence-electron chi connectivity index (χ4n) is 4.01. The minimum atomic E-state index is -0.833. The second-order valence-electron chi connectivity index (χ2n) is 7.18. The van der Waals surface area contributed by atoms with Crippen LogP contribution in [0.25, 0.3) is 0 Å². The first-order valence-electron chi connectivity index (χ1n) is 9.48. The van der Waals surface area contributed by atoms with Crippen molar-refractivity contribution in [1.82, 2.24) is 0 Å². The lowest BCUT2D eigenvalue weighted by Gasteiger charge is -2.30. The van der Waals surface area contributed by atoms with E-state index in [0.717, 1.165) is 25.3 Å². The van der Waals surface area contributed by atoms with E-state index < -0.39 is 5.97 Å². The zero-order valence-corrected chi connectivity index (χ0v) is 16.5. The predicted molar refractivity (Wildman–Crippen MR) is 100 cm³/mol. The zero-order valence-electron chi connectivity index (χ0n) is 16.5. The molecule has 2 aliphatic heterocycles. The maximum absolute atomic E-state index is 11.5. The molecule has 1 aromatic carbocycles. The molecule has 2 aliphatic rings. The Morgan fingerprint density at radius 1 is 1.04 bits per heavy atom. The van der Waals surface area contributed by atoms with Gasteiger partial charge in [-0.1, -0.05) is 30.3 Å². The van der Waals surface area contributed by atoms with Crippen LogP contribution in [0.2, 0.25) is 0 Å². The van der Waals surface area contributed by atoms with Gasteiger partial charge in [0.25, 0.3) is 5.97 Å². The highest BCUT2D eigenvalue weighted by atomic mass is 16.5. The molecule has 7 heteroatoms. The number of rotatable bonds is 6. The third-order valence-corrected chi connectivity index (χ3v) is 5.04. The van der Waals surface area contributed by atoms with E-state index in [0.29, 0.717) is 13.0 Å². The number of fused-ring (bicyclic) bond motifs is 2. The number of hydrogen-bond acceptors (Lipinski definition) is 6. The van der Waals surface area contributed by atoms with E-state index in [2.05, 4.69) is 0 Å². The third kappa shape index (κ3) is 6.34. The highest BCUT2D eigenvalue weighted by molar-refractivity contribution is 5.66. The highest BCUT2D eigenvalue weighted by Gasteiger charge is 2.50. The molecule has 0 aromatic heterocycles. The maximum atomic E-state index is 11.5. The van der Waals surface area contributed by atoms with E-state index in [1.54, 1.807) is 0 Å². The Morgan fingerprint density at radius 3 is 2.14 bits per heavy atom. The SMILES string of the molecule is CC(=O)O.CC(=O)OCC1C2CCC(O2)[C@H]1C[C@H](OC(C)=O)c1ccccc1. The normalized spacial score (nSPS) is 26.0. The van der Waals surface area contributed by atoms with E-state index >= 15 is 0 Å². The number of carbonyl (C=O) groups is 3. The molecule has 2 saturated heterocycles. The number of ether oxygens (including phenoxy) is 3. The van der Waals surface area contributed by atoms with Crippen molar-refractivity contribution >= 4 is 17.9 Å². The lowest BCUT2D eigenvalue weighted by Crippen LogP contribution is -2.33. The molecule has 0 radical (unpaired) electrons. The van der Waals surface area contributed by atoms with Crippen molar-refractivity contribution in [1.29, 1.82) is 0 Å². The molecule has 0 amide bonds. The lowest BCUT2D eigenvalue weighted by atomic mass is 9.76. The largest absolute Gasteiger partial charge is 0.481 e. The van der Waals surface area contributed by atoms with Crippen molar-refractivity contribution < 1.29 is 33.7 Å². The summed E-state index contributed by atoms with van der Waals surface area (Å²) in [6, 6.07) is 9.78. The van der Waals surface area contributed by atoms with Crippen LogP contribution >= 0.6 is 0 Å². The van der Waals surface area contributed by atoms with E-state index in [-0.39, 0.29) is 42.1 Å². The molecular weight excluding hydrogens is 364 g/mol. The van der Waals surface area contributed by atoms with Crippen molar-refractivity contribution in [2.75, 3.05) is 6.61 Å². The zero-order chi connectivity index (χ0) is 20.7. The molecule has 2 heterocycles. The number of aliphatic carboxylic acids is 1. The van der Waals surface area contributed by atoms with E-state index in [9.17, 15) is 9.59 Å². The molecule has 0 aliphatic carbocycles. The summed E-state index contributed by atoms with van der Waals surface area (Å²) < 4.78 is 16.9. The fraction of sp³-hybridized carbons (Fsp3) is 0.571. The molecule has 28 heavy (non-hydrogen) atoms. The van der Waals surface area contributed by atoms with Gasteiger partial charge in [0.1, 0.15) is 6.10 Å². The monoisotopic (exact) mass is 392 g/mol. The molecule has 154 valence electrons. The number of carbonyl (C=O) groups excluding carboxylic acids is 2. The Balaban J connectivity index is 0.000000640. The average molecular weight is 392 g/mol. The Bertz CT molecular complexity index is 669. The Labute approximate surface area is 165 Å². The highest BCUT2D eigenvalue weighted by Crippen LogP contribution is 2.47. The second kappa shape index (κ2) is 10.2. The van der Waals surface area contributed by atoms with Gasteiger partial charge >= 0.3 is 11.9 Å². The molecule has 2 fully saturated rings. The van der Waals surface area contributed by atoms with Crippen LogP contribution in [0.5, 0.6) is 0 Å². The summed E-state index contributed by atoms with van der Waals surface area (Å²) in [5, 5.41) is 7.42. The molecule has 7 nitrogen and oxygen atoms in total. The summed E-state index contributed by atoms with van der Waals surface area (Å²) in [4.78, 5) is 31.7. The van der Waals surface area contributed by atoms with Gasteiger partial charge < -0.3 is 19.3 Å². The predicted octanol–water partition coefficient (Wildman–Crippen LogP) is 3.13. The van der Waals surface area contributed by atoms with Crippen molar-refractivity contribution in [3.8, 4) is 0 Å². The summed E-state index contributed by atoms with van der Waals surface area (Å²) in [5.41, 5.74) is 0.988. The Kier molecular flexibility index (Phi) is 7.99. The van der Waals surface area contributed by atoms with Gasteiger partial charge in [-0.2, -0.15) is 0 Å². The number of benzene rings is 1. The Hall–Kier alpha value is -2.41. The van der Waals surface area contributed by atoms with Crippen LogP contribution in [0.4, 0.5) is 0 Å². The fourth-order valence-corrected chi connectivity index (χ4v) is 4.01. The first-order valence-corrected chi connectivity index (χ1v) is 9.48. The van der Waals surface area contributed by atoms with Crippen molar-refractivity contribution in [2.24, 2.45) is 11.8 Å². The molecule has 1 aromatic rings. The van der Waals surface area contributed by atoms with Crippen molar-refractivity contribution in [2.45, 2.75) is 58.3 Å². The average Bonchev–Trinajstić information content (AvgIpc) is 3.21. The van der Waals surface area contributed by atoms with Gasteiger partial charge in [0.15, 0.2) is 0 Å². The molecular formula is C21H28O7. The van der Waals surface area contributed by atoms with Crippen LogP contribution in [0.3, 0.4) is 0 Å². The topological polar surface area (TPSA) is 99.1 Å². The molecule has 3 unspecified atom stereocenters. The van der Waals surface area contributed by atoms with Crippen LogP contribution in [0.1, 0.15) is 51.7 Å². The second-order valence-corrected chi connectivity index (χ2v) is 7.18. The van der Waals surface area contributed by atoms with Gasteiger partial charge in [0.2, 0.25) is 0 Å². The molecule has 0 saturated carbocycles. The molecule has 5 atom stereocenters. The Morgan fingerprint density at radius 2 is 1.61 bits per heavy atom. The third-order valence-electron chi connectivity index (χ3n) is 5.04. The molecule has 1 N–H and O–H groups in total. The van der Waals surface area contributed by atoms with Crippen LogP contribution in [-0.4, -0.2) is 41.8 Å². The van der Waals surface area contributed by atoms with E-state index in [4.69, 9.17) is 24.1 Å². The molecule has 3 rings (SSSR count). The summed E-state index contributed by atoms with van der Waals surface area (Å²) in [6.07, 6.45) is 2.74. The standard InChI is InChI=1S/C19H24O5.C2H4O2/c1-12(20)22-11-16-15(17-8-9-18(16)24-17)10-19(23-13(2)21)14-6-4-3-5-7-14;1-2(3)4/h3-7,15-19H,8-11H2,1-2H3;1H3,(H,3,4)/t15-,16?,17?,18?,19-;/m0./s1. The first kappa shape index (κ1) is 21.9. The van der Waals surface area contributed by atoms with Crippen molar-refractivity contribution in [3.05, 3.63) is 35.9 Å². The van der Waals surface area contributed by atoms with Crippen LogP contribution < -0.4 is 0 Å². The van der Waals surface area contributed by atoms with Gasteiger partial charge in [-0.15, -0.1) is 0 Å².